The highest BCUT2D eigenvalue weighted by Crippen LogP contribution is 2.19. The van der Waals surface area contributed by atoms with Crippen LogP contribution in [-0.2, 0) is 25.6 Å². The maximum Gasteiger partial charge on any atom is 0.326 e. The summed E-state index contributed by atoms with van der Waals surface area (Å²) in [6.45, 7) is 1.42. The lowest BCUT2D eigenvalue weighted by molar-refractivity contribution is -0.143. The van der Waals surface area contributed by atoms with Gasteiger partial charge in [-0.25, -0.2) is 4.79 Å². The molecule has 0 aliphatic carbocycles. The number of fused-ring (bicyclic) bond motifs is 1. The fourth-order valence-corrected chi connectivity index (χ4v) is 3.94. The number of H-pyrrole nitrogens is 1. The van der Waals surface area contributed by atoms with Gasteiger partial charge >= 0.3 is 5.97 Å². The first-order chi connectivity index (χ1) is 18.4. The van der Waals surface area contributed by atoms with E-state index in [-0.39, 0.29) is 37.5 Å². The van der Waals surface area contributed by atoms with Crippen LogP contribution in [0.3, 0.4) is 0 Å². The van der Waals surface area contributed by atoms with Gasteiger partial charge in [0.05, 0.1) is 12.1 Å². The molecule has 2 rings (SSSR count). The fraction of sp³-hybridized carbons (Fsp3) is 0.458. The van der Waals surface area contributed by atoms with Crippen LogP contribution in [0.4, 0.5) is 0 Å². The van der Waals surface area contributed by atoms with Crippen LogP contribution in [0.15, 0.2) is 35.5 Å². The van der Waals surface area contributed by atoms with Gasteiger partial charge in [0.25, 0.3) is 0 Å². The van der Waals surface area contributed by atoms with Crippen LogP contribution < -0.4 is 33.2 Å². The molecule has 0 fully saturated rings. The van der Waals surface area contributed by atoms with Crippen molar-refractivity contribution in [3.63, 3.8) is 0 Å². The molecule has 5 unspecified atom stereocenters. The first-order valence-electron chi connectivity index (χ1n) is 12.2. The molecule has 0 aliphatic heterocycles. The number of thiol groups is 1. The van der Waals surface area contributed by atoms with Crippen LogP contribution in [0.1, 0.15) is 25.3 Å². The maximum absolute atomic E-state index is 13.3. The summed E-state index contributed by atoms with van der Waals surface area (Å²) in [6, 6.07) is 2.38. The number of carbonyl (C=O) groups is 4. The van der Waals surface area contributed by atoms with E-state index in [4.69, 9.17) is 17.2 Å². The molecule has 1 aromatic heterocycles. The van der Waals surface area contributed by atoms with Crippen LogP contribution >= 0.6 is 12.6 Å². The van der Waals surface area contributed by atoms with E-state index in [0.717, 1.165) is 16.5 Å². The number of benzene rings is 1. The highest BCUT2D eigenvalue weighted by molar-refractivity contribution is 7.80. The molecule has 0 bridgehead atoms. The number of aliphatic carboxylic acids is 1. The topological polar surface area (TPSA) is 251 Å². The third-order valence-corrected chi connectivity index (χ3v) is 6.28. The summed E-state index contributed by atoms with van der Waals surface area (Å²) >= 11 is 4.02. The third kappa shape index (κ3) is 9.46. The second-order valence-electron chi connectivity index (χ2n) is 8.99. The normalized spacial score (nSPS) is 14.9. The molecule has 1 heterocycles. The highest BCUT2D eigenvalue weighted by Gasteiger charge is 2.33. The SMILES string of the molecule is CC(O)C(NC(=O)C(Cc1c[nH]c2ccccc12)NC(=O)C(N)CS)C(=O)NC(CCCN=C(N)N)C(=O)O. The fourth-order valence-electron chi connectivity index (χ4n) is 3.77. The molecule has 0 aliphatic rings. The molecule has 14 nitrogen and oxygen atoms in total. The second kappa shape index (κ2) is 14.9. The molecular weight excluding hydrogens is 528 g/mol. The molecule has 1 aromatic carbocycles. The van der Waals surface area contributed by atoms with Crippen molar-refractivity contribution in [1.82, 2.24) is 20.9 Å². The number of hydrogen-bond donors (Lipinski definition) is 10. The van der Waals surface area contributed by atoms with E-state index >= 15 is 0 Å². The molecule has 15 heteroatoms. The van der Waals surface area contributed by atoms with Crippen molar-refractivity contribution in [2.45, 2.75) is 56.5 Å². The van der Waals surface area contributed by atoms with Gasteiger partial charge in [0.1, 0.15) is 18.1 Å². The Morgan fingerprint density at radius 3 is 2.33 bits per heavy atom. The number of amides is 3. The van der Waals surface area contributed by atoms with Crippen LogP contribution in [-0.4, -0.2) is 87.4 Å². The zero-order chi connectivity index (χ0) is 29.1. The summed E-state index contributed by atoms with van der Waals surface area (Å²) in [7, 11) is 0. The molecule has 3 amide bonds. The maximum atomic E-state index is 13.3. The van der Waals surface area contributed by atoms with E-state index in [1.807, 2.05) is 24.3 Å². The molecule has 5 atom stereocenters. The Kier molecular flexibility index (Phi) is 12.0. The molecule has 0 spiro atoms. The van der Waals surface area contributed by atoms with Crippen molar-refractivity contribution >= 4 is 53.2 Å². The number of nitrogens with one attached hydrogen (secondary N) is 4. The van der Waals surface area contributed by atoms with Gasteiger partial charge in [0, 0.05) is 35.8 Å². The number of nitrogens with zero attached hydrogens (tertiary/aromatic N) is 1. The minimum absolute atomic E-state index is 0.000802. The number of hydrogen-bond acceptors (Lipinski definition) is 8. The Morgan fingerprint density at radius 1 is 1.05 bits per heavy atom. The number of aliphatic hydroxyl groups is 1. The van der Waals surface area contributed by atoms with Gasteiger partial charge in [-0.1, -0.05) is 18.2 Å². The number of aliphatic hydroxyl groups excluding tert-OH is 1. The summed E-state index contributed by atoms with van der Waals surface area (Å²) in [5.41, 5.74) is 17.8. The van der Waals surface area contributed by atoms with Crippen LogP contribution in [0, 0.1) is 0 Å². The van der Waals surface area contributed by atoms with Crippen molar-refractivity contribution in [2.24, 2.45) is 22.2 Å². The Balaban J connectivity index is 2.20. The second-order valence-corrected chi connectivity index (χ2v) is 9.35. The van der Waals surface area contributed by atoms with Gasteiger partial charge in [0.15, 0.2) is 5.96 Å². The van der Waals surface area contributed by atoms with E-state index in [1.54, 1.807) is 6.20 Å². The predicted molar refractivity (Wildman–Crippen MR) is 149 cm³/mol. The van der Waals surface area contributed by atoms with Gasteiger partial charge < -0.3 is 48.3 Å². The number of carboxylic acids is 1. The summed E-state index contributed by atoms with van der Waals surface area (Å²) in [5.74, 6) is -3.75. The number of carbonyl (C=O) groups excluding carboxylic acids is 3. The predicted octanol–water partition coefficient (Wildman–Crippen LogP) is -2.06. The quantitative estimate of drug-likeness (QED) is 0.0493. The van der Waals surface area contributed by atoms with E-state index in [9.17, 15) is 29.4 Å². The lowest BCUT2D eigenvalue weighted by Crippen LogP contribution is -2.60. The zero-order valence-corrected chi connectivity index (χ0v) is 22.4. The Bertz CT molecular complexity index is 1180. The molecular formula is C24H36N8O6S. The molecule has 0 radical (unpaired) electrons. The van der Waals surface area contributed by atoms with Gasteiger partial charge in [0.2, 0.25) is 17.7 Å². The Morgan fingerprint density at radius 2 is 1.72 bits per heavy atom. The highest BCUT2D eigenvalue weighted by atomic mass is 32.1. The zero-order valence-electron chi connectivity index (χ0n) is 21.5. The number of para-hydroxylation sites is 1. The average molecular weight is 565 g/mol. The average Bonchev–Trinajstić information content (AvgIpc) is 3.29. The van der Waals surface area contributed by atoms with E-state index < -0.39 is 54.0 Å². The van der Waals surface area contributed by atoms with E-state index in [2.05, 4.69) is 38.6 Å². The number of aromatic nitrogens is 1. The first kappa shape index (κ1) is 31.4. The molecule has 39 heavy (non-hydrogen) atoms. The smallest absolute Gasteiger partial charge is 0.326 e. The molecule has 0 saturated carbocycles. The Hall–Kier alpha value is -3.82. The van der Waals surface area contributed by atoms with Gasteiger partial charge in [-0.15, -0.1) is 0 Å². The van der Waals surface area contributed by atoms with Crippen LogP contribution in [0.2, 0.25) is 0 Å². The van der Waals surface area contributed by atoms with Gasteiger partial charge in [-0.2, -0.15) is 12.6 Å². The minimum Gasteiger partial charge on any atom is -0.480 e. The summed E-state index contributed by atoms with van der Waals surface area (Å²) in [5, 5.41) is 27.9. The van der Waals surface area contributed by atoms with Crippen molar-refractivity contribution in [2.75, 3.05) is 12.3 Å². The van der Waals surface area contributed by atoms with Gasteiger partial charge in [-0.05, 0) is 31.4 Å². The largest absolute Gasteiger partial charge is 0.480 e. The molecule has 214 valence electrons. The third-order valence-electron chi connectivity index (χ3n) is 5.89. The molecule has 2 aromatic rings. The van der Waals surface area contributed by atoms with Crippen molar-refractivity contribution in [3.8, 4) is 0 Å². The van der Waals surface area contributed by atoms with E-state index in [1.165, 1.54) is 6.92 Å². The number of rotatable bonds is 15. The van der Waals surface area contributed by atoms with Crippen LogP contribution in [0.5, 0.6) is 0 Å². The monoisotopic (exact) mass is 564 g/mol. The lowest BCUT2D eigenvalue weighted by atomic mass is 10.0. The molecule has 12 N–H and O–H groups in total. The first-order valence-corrected chi connectivity index (χ1v) is 12.9. The Labute approximate surface area is 230 Å². The van der Waals surface area contributed by atoms with Crippen molar-refractivity contribution in [3.05, 3.63) is 36.0 Å². The van der Waals surface area contributed by atoms with Crippen molar-refractivity contribution in [1.29, 1.82) is 0 Å². The van der Waals surface area contributed by atoms with E-state index in [0.29, 0.717) is 0 Å². The minimum atomic E-state index is -1.52. The molecule has 0 saturated heterocycles. The van der Waals surface area contributed by atoms with Crippen LogP contribution in [0.25, 0.3) is 10.9 Å². The van der Waals surface area contributed by atoms with Gasteiger partial charge in [-0.3, -0.25) is 19.4 Å². The number of aliphatic imine (C=N–C) groups is 1. The lowest BCUT2D eigenvalue weighted by Gasteiger charge is -2.26. The number of nitrogens with two attached hydrogens (primary N) is 3. The number of aromatic amines is 1. The van der Waals surface area contributed by atoms with Crippen molar-refractivity contribution < 1.29 is 29.4 Å². The summed E-state index contributed by atoms with van der Waals surface area (Å²) in [4.78, 5) is 57.3. The standard InChI is InChI=1S/C24H36N8O6S/c1-12(33)19(22(36)30-17(23(37)38)7-4-8-28-24(26)27)32-21(35)18(31-20(34)15(25)11-39)9-13-10-29-16-6-3-2-5-14(13)16/h2-3,5-6,10,12,15,17-19,29,33,39H,4,7-9,11,25H2,1H3,(H,30,36)(H,31,34)(H,32,35)(H,37,38)(H4,26,27,28). The number of guanidine groups is 1. The number of carboxylic acid groups (broad SMARTS) is 1. The summed E-state index contributed by atoms with van der Waals surface area (Å²) in [6.07, 6.45) is 0.602. The summed E-state index contributed by atoms with van der Waals surface area (Å²) < 4.78 is 0.